The lowest BCUT2D eigenvalue weighted by Gasteiger charge is -2.46. The summed E-state index contributed by atoms with van der Waals surface area (Å²) in [5, 5.41) is 0.777. The second-order valence-corrected chi connectivity index (χ2v) is 11.3. The van der Waals surface area contributed by atoms with Gasteiger partial charge in [0, 0.05) is 23.4 Å². The molecule has 1 saturated heterocycles. The minimum atomic E-state index is -0.783. The van der Waals surface area contributed by atoms with Crippen LogP contribution in [0.25, 0.3) is 10.9 Å². The maximum Gasteiger partial charge on any atom is 0.302 e. The van der Waals surface area contributed by atoms with Crippen molar-refractivity contribution >= 4 is 23.2 Å². The Morgan fingerprint density at radius 3 is 1.74 bits per heavy atom. The molecular formula is C38H37NO7. The third-order valence-corrected chi connectivity index (χ3v) is 8.12. The quantitative estimate of drug-likeness (QED) is 0.115. The SMILES string of the molecule is CC(=O)OC[C@H]1O[C@H](c2[nH]c3ccccc3c2C=O)[C@@H](OCc2ccccc2)[C@@H](OCc2ccccc2)[C@@H]1OCc1ccccc1. The van der Waals surface area contributed by atoms with Gasteiger partial charge in [-0.25, -0.2) is 0 Å². The molecule has 4 aromatic carbocycles. The Balaban J connectivity index is 1.43. The van der Waals surface area contributed by atoms with E-state index >= 15 is 0 Å². The molecular weight excluding hydrogens is 582 g/mol. The van der Waals surface area contributed by atoms with E-state index in [1.807, 2.05) is 115 Å². The first kappa shape index (κ1) is 31.4. The summed E-state index contributed by atoms with van der Waals surface area (Å²) in [5.41, 5.74) is 4.76. The molecule has 236 valence electrons. The summed E-state index contributed by atoms with van der Waals surface area (Å²) in [6.07, 6.45) is -2.77. The van der Waals surface area contributed by atoms with Crippen molar-refractivity contribution in [2.75, 3.05) is 6.61 Å². The molecule has 0 bridgehead atoms. The van der Waals surface area contributed by atoms with Crippen molar-refractivity contribution in [2.45, 2.75) is 57.3 Å². The molecule has 2 heterocycles. The number of hydrogen-bond donors (Lipinski definition) is 1. The standard InChI is InChI=1S/C38H37NO7/c1-26(41)42-25-33-35(43-22-27-13-5-2-6-14-27)37(44-23-28-15-7-3-8-16-28)38(45-24-29-17-9-4-10-18-29)36(46-33)34-31(21-40)30-19-11-12-20-32(30)39-34/h2-21,33,35-39H,22-25H2,1H3/t33-,35-,36-,37+,38-/m1/s1. The van der Waals surface area contributed by atoms with Gasteiger partial charge in [-0.2, -0.15) is 0 Å². The molecule has 0 radical (unpaired) electrons. The number of carbonyl (C=O) groups excluding carboxylic acids is 2. The smallest absolute Gasteiger partial charge is 0.302 e. The van der Waals surface area contributed by atoms with E-state index in [0.29, 0.717) is 11.3 Å². The predicted octanol–water partition coefficient (Wildman–Crippen LogP) is 6.74. The average molecular weight is 620 g/mol. The average Bonchev–Trinajstić information content (AvgIpc) is 3.48. The van der Waals surface area contributed by atoms with Crippen LogP contribution in [0.1, 0.15) is 45.8 Å². The number of para-hydroxylation sites is 1. The normalized spacial score (nSPS) is 21.2. The zero-order valence-corrected chi connectivity index (χ0v) is 25.6. The highest BCUT2D eigenvalue weighted by Gasteiger charge is 2.50. The molecule has 0 amide bonds. The van der Waals surface area contributed by atoms with Gasteiger partial charge >= 0.3 is 5.97 Å². The molecule has 0 saturated carbocycles. The van der Waals surface area contributed by atoms with Gasteiger partial charge in [0.15, 0.2) is 6.29 Å². The van der Waals surface area contributed by atoms with Crippen molar-refractivity contribution in [1.29, 1.82) is 0 Å². The molecule has 5 aromatic rings. The number of nitrogens with one attached hydrogen (secondary N) is 1. The van der Waals surface area contributed by atoms with Gasteiger partial charge in [-0.05, 0) is 22.8 Å². The number of esters is 1. The molecule has 46 heavy (non-hydrogen) atoms. The van der Waals surface area contributed by atoms with Crippen LogP contribution in [0.2, 0.25) is 0 Å². The van der Waals surface area contributed by atoms with Crippen molar-refractivity contribution in [1.82, 2.24) is 4.98 Å². The number of aromatic amines is 1. The summed E-state index contributed by atoms with van der Waals surface area (Å²) in [7, 11) is 0. The van der Waals surface area contributed by atoms with Gasteiger partial charge < -0.3 is 28.7 Å². The zero-order chi connectivity index (χ0) is 31.7. The number of aldehydes is 1. The largest absolute Gasteiger partial charge is 0.463 e. The number of benzene rings is 4. The minimum absolute atomic E-state index is 0.0709. The predicted molar refractivity (Wildman–Crippen MR) is 173 cm³/mol. The van der Waals surface area contributed by atoms with Gasteiger partial charge in [0.05, 0.1) is 25.5 Å². The van der Waals surface area contributed by atoms with Crippen LogP contribution in [0.5, 0.6) is 0 Å². The van der Waals surface area contributed by atoms with E-state index in [1.54, 1.807) is 0 Å². The monoisotopic (exact) mass is 619 g/mol. The van der Waals surface area contributed by atoms with Gasteiger partial charge in [0.1, 0.15) is 37.1 Å². The summed E-state index contributed by atoms with van der Waals surface area (Å²) in [5.74, 6) is -0.439. The van der Waals surface area contributed by atoms with Gasteiger partial charge in [0.25, 0.3) is 0 Å². The van der Waals surface area contributed by atoms with Crippen molar-refractivity contribution in [3.05, 3.63) is 143 Å². The lowest BCUT2D eigenvalue weighted by molar-refractivity contribution is -0.274. The molecule has 0 spiro atoms. The molecule has 8 nitrogen and oxygen atoms in total. The number of carbonyl (C=O) groups is 2. The Morgan fingerprint density at radius 2 is 1.20 bits per heavy atom. The summed E-state index contributed by atoms with van der Waals surface area (Å²) in [6, 6.07) is 37.2. The topological polar surface area (TPSA) is 96.1 Å². The Morgan fingerprint density at radius 1 is 0.696 bits per heavy atom. The lowest BCUT2D eigenvalue weighted by atomic mass is 9.91. The zero-order valence-electron chi connectivity index (χ0n) is 25.6. The van der Waals surface area contributed by atoms with Crippen LogP contribution in [-0.2, 0) is 48.3 Å². The Kier molecular flexibility index (Phi) is 10.3. The lowest BCUT2D eigenvalue weighted by Crippen LogP contribution is -2.58. The maximum atomic E-state index is 12.6. The van der Waals surface area contributed by atoms with E-state index in [2.05, 4.69) is 4.98 Å². The third kappa shape index (κ3) is 7.43. The maximum absolute atomic E-state index is 12.6. The first-order chi connectivity index (χ1) is 22.6. The highest BCUT2D eigenvalue weighted by molar-refractivity contribution is 5.99. The summed E-state index contributed by atoms with van der Waals surface area (Å²) >= 11 is 0. The molecule has 1 aliphatic rings. The molecule has 6 rings (SSSR count). The molecule has 0 aliphatic carbocycles. The van der Waals surface area contributed by atoms with Crippen LogP contribution >= 0.6 is 0 Å². The molecule has 1 aliphatic heterocycles. The second-order valence-electron chi connectivity index (χ2n) is 11.3. The van der Waals surface area contributed by atoms with Gasteiger partial charge in [0.2, 0.25) is 0 Å². The first-order valence-corrected chi connectivity index (χ1v) is 15.4. The molecule has 1 aromatic heterocycles. The van der Waals surface area contributed by atoms with Crippen LogP contribution < -0.4 is 0 Å². The number of aromatic nitrogens is 1. The summed E-state index contributed by atoms with van der Waals surface area (Å²) in [4.78, 5) is 28.1. The van der Waals surface area contributed by atoms with E-state index in [4.69, 9.17) is 23.7 Å². The van der Waals surface area contributed by atoms with Crippen LogP contribution in [0, 0.1) is 0 Å². The highest BCUT2D eigenvalue weighted by Crippen LogP contribution is 2.40. The molecule has 5 atom stereocenters. The summed E-state index contributed by atoms with van der Waals surface area (Å²) < 4.78 is 32.3. The minimum Gasteiger partial charge on any atom is -0.463 e. The number of ether oxygens (including phenoxy) is 5. The van der Waals surface area contributed by atoms with Crippen LogP contribution in [-0.4, -0.2) is 48.3 Å². The van der Waals surface area contributed by atoms with E-state index in [-0.39, 0.29) is 26.4 Å². The van der Waals surface area contributed by atoms with E-state index in [0.717, 1.165) is 33.9 Å². The van der Waals surface area contributed by atoms with E-state index in [9.17, 15) is 9.59 Å². The third-order valence-electron chi connectivity index (χ3n) is 8.12. The fraction of sp³-hybridized carbons (Fsp3) is 0.263. The van der Waals surface area contributed by atoms with Crippen LogP contribution in [0.3, 0.4) is 0 Å². The number of rotatable bonds is 13. The second kappa shape index (κ2) is 15.1. The van der Waals surface area contributed by atoms with Gasteiger partial charge in [-0.15, -0.1) is 0 Å². The molecule has 1 fully saturated rings. The number of fused-ring (bicyclic) bond motifs is 1. The Bertz CT molecular complexity index is 1710. The van der Waals surface area contributed by atoms with Crippen LogP contribution in [0.15, 0.2) is 115 Å². The molecule has 1 N–H and O–H groups in total. The van der Waals surface area contributed by atoms with Crippen molar-refractivity contribution in [2.24, 2.45) is 0 Å². The van der Waals surface area contributed by atoms with Crippen LogP contribution in [0.4, 0.5) is 0 Å². The van der Waals surface area contributed by atoms with Crippen molar-refractivity contribution in [3.63, 3.8) is 0 Å². The first-order valence-electron chi connectivity index (χ1n) is 15.4. The Hall–Kier alpha value is -4.60. The fourth-order valence-electron chi connectivity index (χ4n) is 5.89. The van der Waals surface area contributed by atoms with E-state index in [1.165, 1.54) is 6.92 Å². The van der Waals surface area contributed by atoms with Gasteiger partial charge in [-0.3, -0.25) is 9.59 Å². The highest BCUT2D eigenvalue weighted by atomic mass is 16.6. The Labute approximate surface area is 268 Å². The van der Waals surface area contributed by atoms with E-state index < -0.39 is 36.5 Å². The van der Waals surface area contributed by atoms with Crippen molar-refractivity contribution in [3.8, 4) is 0 Å². The van der Waals surface area contributed by atoms with Crippen molar-refractivity contribution < 1.29 is 33.3 Å². The number of H-pyrrole nitrogens is 1. The molecule has 8 heteroatoms. The number of hydrogen-bond acceptors (Lipinski definition) is 7. The summed E-state index contributed by atoms with van der Waals surface area (Å²) in [6.45, 7) is 2.12. The van der Waals surface area contributed by atoms with Gasteiger partial charge in [-0.1, -0.05) is 109 Å². The molecule has 0 unspecified atom stereocenters. The fourth-order valence-corrected chi connectivity index (χ4v) is 5.89.